The Kier molecular flexibility index (Phi) is 3.95. The van der Waals surface area contributed by atoms with Gasteiger partial charge >= 0.3 is 5.97 Å². The van der Waals surface area contributed by atoms with Gasteiger partial charge in [0, 0.05) is 11.6 Å². The van der Waals surface area contributed by atoms with Crippen LogP contribution in [0.1, 0.15) is 18.5 Å². The minimum absolute atomic E-state index is 0.156. The lowest BCUT2D eigenvalue weighted by molar-refractivity contribution is -0.138. The summed E-state index contributed by atoms with van der Waals surface area (Å²) in [6.07, 6.45) is 0. The summed E-state index contributed by atoms with van der Waals surface area (Å²) in [4.78, 5) is 11.9. The van der Waals surface area contributed by atoms with Crippen molar-refractivity contribution in [1.29, 1.82) is 0 Å². The number of hydrogen-bond donors (Lipinski definition) is 1. The van der Waals surface area contributed by atoms with Gasteiger partial charge in [-0.15, -0.1) is 0 Å². The minimum Gasteiger partial charge on any atom is -0.480 e. The van der Waals surface area contributed by atoms with Crippen LogP contribution >= 0.6 is 0 Å². The van der Waals surface area contributed by atoms with E-state index in [1.807, 2.05) is 0 Å². The van der Waals surface area contributed by atoms with Crippen molar-refractivity contribution in [3.63, 3.8) is 0 Å². The third-order valence-corrected chi connectivity index (χ3v) is 2.45. The van der Waals surface area contributed by atoms with E-state index in [4.69, 9.17) is 5.11 Å². The zero-order valence-corrected chi connectivity index (χ0v) is 9.08. The Labute approximate surface area is 92.3 Å². The third-order valence-electron chi connectivity index (χ3n) is 2.45. The molecule has 0 amide bonds. The molecule has 0 saturated carbocycles. The van der Waals surface area contributed by atoms with E-state index >= 15 is 0 Å². The van der Waals surface area contributed by atoms with Crippen molar-refractivity contribution in [2.24, 2.45) is 0 Å². The first kappa shape index (κ1) is 12.6. The van der Waals surface area contributed by atoms with E-state index in [9.17, 15) is 13.6 Å². The van der Waals surface area contributed by atoms with Crippen LogP contribution < -0.4 is 0 Å². The van der Waals surface area contributed by atoms with Gasteiger partial charge in [0.25, 0.3) is 0 Å². The van der Waals surface area contributed by atoms with Gasteiger partial charge in [-0.2, -0.15) is 0 Å². The molecule has 0 fully saturated rings. The molecule has 5 heteroatoms. The Morgan fingerprint density at radius 2 is 2.12 bits per heavy atom. The average Bonchev–Trinajstić information content (AvgIpc) is 2.19. The highest BCUT2D eigenvalue weighted by Gasteiger charge is 2.18. The predicted molar refractivity (Wildman–Crippen MR) is 55.0 cm³/mol. The molecule has 1 atom stereocenters. The molecule has 3 nitrogen and oxygen atoms in total. The molecule has 0 bridgehead atoms. The quantitative estimate of drug-likeness (QED) is 0.858. The van der Waals surface area contributed by atoms with Crippen molar-refractivity contribution in [1.82, 2.24) is 4.90 Å². The average molecular weight is 229 g/mol. The summed E-state index contributed by atoms with van der Waals surface area (Å²) >= 11 is 0. The summed E-state index contributed by atoms with van der Waals surface area (Å²) in [5.74, 6) is -2.08. The summed E-state index contributed by atoms with van der Waals surface area (Å²) in [6.45, 7) is 1.40. The number of likely N-dealkylation sites (N-methyl/N-ethyl adjacent to an activating group) is 1. The van der Waals surface area contributed by atoms with Crippen molar-refractivity contribution >= 4 is 5.97 Å². The van der Waals surface area contributed by atoms with Crippen molar-refractivity contribution in [3.05, 3.63) is 35.4 Å². The van der Waals surface area contributed by atoms with Gasteiger partial charge in [-0.25, -0.2) is 8.78 Å². The maximum Gasteiger partial charge on any atom is 0.317 e. The van der Waals surface area contributed by atoms with Crippen molar-refractivity contribution < 1.29 is 18.7 Å². The van der Waals surface area contributed by atoms with E-state index in [1.165, 1.54) is 4.90 Å². The number of carboxylic acids is 1. The van der Waals surface area contributed by atoms with E-state index in [0.717, 1.165) is 18.2 Å². The highest BCUT2D eigenvalue weighted by molar-refractivity contribution is 5.69. The zero-order chi connectivity index (χ0) is 12.3. The maximum atomic E-state index is 13.4. The number of benzene rings is 1. The van der Waals surface area contributed by atoms with E-state index in [0.29, 0.717) is 0 Å². The topological polar surface area (TPSA) is 40.5 Å². The van der Waals surface area contributed by atoms with E-state index in [1.54, 1.807) is 14.0 Å². The van der Waals surface area contributed by atoms with Crippen molar-refractivity contribution in [3.8, 4) is 0 Å². The van der Waals surface area contributed by atoms with Crippen LogP contribution in [-0.4, -0.2) is 29.6 Å². The number of rotatable bonds is 4. The van der Waals surface area contributed by atoms with Crippen LogP contribution in [0.25, 0.3) is 0 Å². The zero-order valence-electron chi connectivity index (χ0n) is 9.08. The van der Waals surface area contributed by atoms with Gasteiger partial charge < -0.3 is 5.11 Å². The van der Waals surface area contributed by atoms with E-state index in [2.05, 4.69) is 0 Å². The number of nitrogens with zero attached hydrogens (tertiary/aromatic N) is 1. The van der Waals surface area contributed by atoms with Crippen molar-refractivity contribution in [2.45, 2.75) is 13.0 Å². The van der Waals surface area contributed by atoms with Gasteiger partial charge in [0.15, 0.2) is 0 Å². The highest BCUT2D eigenvalue weighted by Crippen LogP contribution is 2.22. The van der Waals surface area contributed by atoms with Crippen LogP contribution in [0, 0.1) is 11.6 Å². The van der Waals surface area contributed by atoms with Crippen LogP contribution in [-0.2, 0) is 4.79 Å². The molecule has 0 aliphatic rings. The lowest BCUT2D eigenvalue weighted by Crippen LogP contribution is -2.29. The third kappa shape index (κ3) is 3.00. The van der Waals surface area contributed by atoms with Gasteiger partial charge in [-0.1, -0.05) is 0 Å². The Morgan fingerprint density at radius 1 is 1.50 bits per heavy atom. The Morgan fingerprint density at radius 3 is 2.69 bits per heavy atom. The van der Waals surface area contributed by atoms with E-state index < -0.39 is 23.6 Å². The maximum absolute atomic E-state index is 13.4. The first-order valence-electron chi connectivity index (χ1n) is 4.78. The fourth-order valence-corrected chi connectivity index (χ4v) is 1.42. The normalized spacial score (nSPS) is 12.8. The van der Waals surface area contributed by atoms with Gasteiger partial charge in [-0.05, 0) is 32.2 Å². The summed E-state index contributed by atoms with van der Waals surface area (Å²) in [5.41, 5.74) is 0.156. The molecule has 1 rings (SSSR count). The number of carboxylic acid groups (broad SMARTS) is 1. The molecule has 0 radical (unpaired) electrons. The largest absolute Gasteiger partial charge is 0.480 e. The SMILES string of the molecule is C[C@@H](c1cc(F)ccc1F)N(C)CC(=O)O. The second kappa shape index (κ2) is 5.03. The molecule has 1 aromatic rings. The molecular formula is C11H13F2NO2. The lowest BCUT2D eigenvalue weighted by Gasteiger charge is -2.23. The number of hydrogen-bond acceptors (Lipinski definition) is 2. The molecule has 0 unspecified atom stereocenters. The highest BCUT2D eigenvalue weighted by atomic mass is 19.1. The fraction of sp³-hybridized carbons (Fsp3) is 0.364. The molecule has 0 saturated heterocycles. The fourth-order valence-electron chi connectivity index (χ4n) is 1.42. The van der Waals surface area contributed by atoms with Crippen LogP contribution in [0.3, 0.4) is 0 Å². The monoisotopic (exact) mass is 229 g/mol. The van der Waals surface area contributed by atoms with Gasteiger partial charge in [0.1, 0.15) is 11.6 Å². The van der Waals surface area contributed by atoms with E-state index in [-0.39, 0.29) is 12.1 Å². The standard InChI is InChI=1S/C11H13F2NO2/c1-7(14(2)6-11(15)16)9-5-8(12)3-4-10(9)13/h3-5,7H,6H2,1-2H3,(H,15,16)/t7-/m0/s1. The first-order chi connectivity index (χ1) is 7.41. The molecule has 0 aromatic heterocycles. The minimum atomic E-state index is -1.01. The van der Waals surface area contributed by atoms with Crippen LogP contribution in [0.15, 0.2) is 18.2 Å². The van der Waals surface area contributed by atoms with Crippen molar-refractivity contribution in [2.75, 3.05) is 13.6 Å². The summed E-state index contributed by atoms with van der Waals surface area (Å²) in [5, 5.41) is 8.59. The van der Waals surface area contributed by atoms with Crippen LogP contribution in [0.4, 0.5) is 8.78 Å². The molecule has 0 aliphatic heterocycles. The number of aliphatic carboxylic acids is 1. The molecule has 0 heterocycles. The molecule has 1 N–H and O–H groups in total. The molecule has 0 aliphatic carbocycles. The first-order valence-corrected chi connectivity index (χ1v) is 4.78. The Hall–Kier alpha value is -1.49. The second-order valence-electron chi connectivity index (χ2n) is 3.65. The smallest absolute Gasteiger partial charge is 0.317 e. The summed E-state index contributed by atoms with van der Waals surface area (Å²) < 4.78 is 26.3. The molecule has 0 spiro atoms. The molecular weight excluding hydrogens is 216 g/mol. The van der Waals surface area contributed by atoms with Crippen LogP contribution in [0.5, 0.6) is 0 Å². The van der Waals surface area contributed by atoms with Crippen LogP contribution in [0.2, 0.25) is 0 Å². The number of carbonyl (C=O) groups is 1. The summed E-state index contributed by atoms with van der Waals surface area (Å²) in [7, 11) is 1.54. The number of halogens is 2. The lowest BCUT2D eigenvalue weighted by atomic mass is 10.1. The Balaban J connectivity index is 2.90. The second-order valence-corrected chi connectivity index (χ2v) is 3.65. The molecule has 88 valence electrons. The van der Waals surface area contributed by atoms with Gasteiger partial charge in [0.2, 0.25) is 0 Å². The molecule has 16 heavy (non-hydrogen) atoms. The Bertz CT molecular complexity index is 396. The molecule has 1 aromatic carbocycles. The predicted octanol–water partition coefficient (Wildman–Crippen LogP) is 2.04. The van der Waals surface area contributed by atoms with Gasteiger partial charge in [0.05, 0.1) is 6.54 Å². The van der Waals surface area contributed by atoms with Gasteiger partial charge in [-0.3, -0.25) is 9.69 Å². The summed E-state index contributed by atoms with van der Waals surface area (Å²) in [6, 6.07) is 2.66.